The minimum absolute atomic E-state index is 0. The molecule has 1 aliphatic carbocycles. The second-order valence-corrected chi connectivity index (χ2v) is 7.10. The summed E-state index contributed by atoms with van der Waals surface area (Å²) in [5.74, 6) is 0.689. The first kappa shape index (κ1) is 15.5. The van der Waals surface area contributed by atoms with Gasteiger partial charge < -0.3 is 10.6 Å². The Hall–Kier alpha value is 0.430. The lowest BCUT2D eigenvalue weighted by Crippen LogP contribution is -2.35. The van der Waals surface area contributed by atoms with Gasteiger partial charge in [0.15, 0.2) is 5.96 Å². The third-order valence-corrected chi connectivity index (χ3v) is 4.67. The van der Waals surface area contributed by atoms with E-state index in [-0.39, 0.29) is 24.0 Å². The van der Waals surface area contributed by atoms with Gasteiger partial charge in [-0.3, -0.25) is 4.99 Å². The van der Waals surface area contributed by atoms with Gasteiger partial charge in [-0.05, 0) is 47.6 Å². The molecule has 1 aromatic rings. The van der Waals surface area contributed by atoms with Crippen LogP contribution in [0.4, 0.5) is 0 Å². The molecule has 1 aromatic heterocycles. The summed E-state index contributed by atoms with van der Waals surface area (Å²) in [7, 11) is 2.03. The molecular formula is C11H17I2N3S. The first-order valence-corrected chi connectivity index (χ1v) is 7.33. The van der Waals surface area contributed by atoms with Crippen molar-refractivity contribution >= 4 is 63.9 Å². The second-order valence-electron chi connectivity index (χ2n) is 4.04. The molecule has 17 heavy (non-hydrogen) atoms. The molecule has 2 rings (SSSR count). The van der Waals surface area contributed by atoms with Gasteiger partial charge in [0.1, 0.15) is 0 Å². The first-order valence-electron chi connectivity index (χ1n) is 5.44. The molecule has 0 bridgehead atoms. The third kappa shape index (κ3) is 4.90. The summed E-state index contributed by atoms with van der Waals surface area (Å²) in [6, 6.07) is 4.96. The summed E-state index contributed by atoms with van der Waals surface area (Å²) in [4.78, 5) is 7.89. The summed E-state index contributed by atoms with van der Waals surface area (Å²) < 4.78 is 1.33. The summed E-state index contributed by atoms with van der Waals surface area (Å²) in [6.45, 7) is 0.791. The number of nitrogens with two attached hydrogens (primary N) is 1. The highest BCUT2D eigenvalue weighted by Gasteiger charge is 2.27. The van der Waals surface area contributed by atoms with Gasteiger partial charge in [-0.25, -0.2) is 0 Å². The fraction of sp³-hybridized carbons (Fsp3) is 0.545. The molecule has 0 aromatic carbocycles. The highest BCUT2D eigenvalue weighted by atomic mass is 127. The minimum Gasteiger partial charge on any atom is -0.370 e. The Morgan fingerprint density at radius 1 is 1.59 bits per heavy atom. The van der Waals surface area contributed by atoms with Crippen LogP contribution < -0.4 is 5.73 Å². The van der Waals surface area contributed by atoms with E-state index in [2.05, 4.69) is 44.6 Å². The molecule has 0 spiro atoms. The quantitative estimate of drug-likeness (QED) is 0.412. The van der Waals surface area contributed by atoms with Gasteiger partial charge in [-0.15, -0.1) is 35.3 Å². The Bertz CT molecular complexity index is 388. The number of halogens is 2. The van der Waals surface area contributed by atoms with Gasteiger partial charge in [-0.1, -0.05) is 0 Å². The van der Waals surface area contributed by atoms with Crippen LogP contribution in [-0.4, -0.2) is 30.5 Å². The van der Waals surface area contributed by atoms with Crippen LogP contribution in [0.1, 0.15) is 17.7 Å². The van der Waals surface area contributed by atoms with Crippen molar-refractivity contribution in [1.82, 2.24) is 4.90 Å². The van der Waals surface area contributed by atoms with Crippen LogP contribution >= 0.6 is 57.9 Å². The molecule has 96 valence electrons. The van der Waals surface area contributed by atoms with Crippen molar-refractivity contribution in [1.29, 1.82) is 0 Å². The lowest BCUT2D eigenvalue weighted by molar-refractivity contribution is 0.487. The molecule has 2 N–H and O–H groups in total. The Kier molecular flexibility index (Phi) is 6.49. The second kappa shape index (κ2) is 7.13. The molecule has 0 radical (unpaired) electrons. The summed E-state index contributed by atoms with van der Waals surface area (Å²) in [6.07, 6.45) is 3.51. The zero-order valence-corrected chi connectivity index (χ0v) is 15.0. The number of nitrogens with zero attached hydrogens (tertiary/aromatic N) is 2. The van der Waals surface area contributed by atoms with E-state index in [9.17, 15) is 0 Å². The zero-order chi connectivity index (χ0) is 11.5. The number of hydrogen-bond donors (Lipinski definition) is 1. The smallest absolute Gasteiger partial charge is 0.191 e. The van der Waals surface area contributed by atoms with Crippen molar-refractivity contribution in [2.75, 3.05) is 13.6 Å². The van der Waals surface area contributed by atoms with Crippen molar-refractivity contribution < 1.29 is 0 Å². The predicted molar refractivity (Wildman–Crippen MR) is 93.4 cm³/mol. The van der Waals surface area contributed by atoms with Gasteiger partial charge in [0, 0.05) is 30.9 Å². The largest absolute Gasteiger partial charge is 0.370 e. The van der Waals surface area contributed by atoms with E-state index in [1.807, 2.05) is 18.4 Å². The molecule has 0 amide bonds. The Morgan fingerprint density at radius 2 is 2.29 bits per heavy atom. The van der Waals surface area contributed by atoms with Gasteiger partial charge in [-0.2, -0.15) is 0 Å². The van der Waals surface area contributed by atoms with Crippen molar-refractivity contribution in [3.63, 3.8) is 0 Å². The first-order chi connectivity index (χ1) is 7.66. The van der Waals surface area contributed by atoms with E-state index >= 15 is 0 Å². The van der Waals surface area contributed by atoms with Crippen molar-refractivity contribution in [2.24, 2.45) is 10.7 Å². The van der Waals surface area contributed by atoms with E-state index in [4.69, 9.17) is 5.73 Å². The maximum atomic E-state index is 5.91. The number of aliphatic imine (C=N–C) groups is 1. The van der Waals surface area contributed by atoms with Gasteiger partial charge in [0.05, 0.1) is 2.88 Å². The fourth-order valence-corrected chi connectivity index (χ4v) is 3.27. The van der Waals surface area contributed by atoms with Crippen LogP contribution in [0.25, 0.3) is 0 Å². The molecule has 1 saturated carbocycles. The average molecular weight is 477 g/mol. The molecule has 6 heteroatoms. The molecule has 3 nitrogen and oxygen atoms in total. The van der Waals surface area contributed by atoms with E-state index < -0.39 is 0 Å². The zero-order valence-electron chi connectivity index (χ0n) is 9.73. The summed E-state index contributed by atoms with van der Waals surface area (Å²) in [5.41, 5.74) is 5.91. The van der Waals surface area contributed by atoms with Crippen LogP contribution in [0.2, 0.25) is 0 Å². The summed E-state index contributed by atoms with van der Waals surface area (Å²) >= 11 is 4.17. The molecule has 1 heterocycles. The maximum absolute atomic E-state index is 5.91. The average Bonchev–Trinajstić information content (AvgIpc) is 3.02. The SMILES string of the molecule is CN(C(N)=NCCc1ccc(I)s1)C1CC1.I. The fourth-order valence-electron chi connectivity index (χ4n) is 1.53. The maximum Gasteiger partial charge on any atom is 0.191 e. The van der Waals surface area contributed by atoms with E-state index in [0.29, 0.717) is 12.0 Å². The highest BCUT2D eigenvalue weighted by Crippen LogP contribution is 2.24. The van der Waals surface area contributed by atoms with Gasteiger partial charge in [0.2, 0.25) is 0 Å². The number of rotatable bonds is 4. The molecule has 1 fully saturated rings. The van der Waals surface area contributed by atoms with Crippen molar-refractivity contribution in [2.45, 2.75) is 25.3 Å². The molecule has 0 saturated heterocycles. The normalized spacial score (nSPS) is 15.5. The summed E-state index contributed by atoms with van der Waals surface area (Å²) in [5, 5.41) is 0. The standard InChI is InChI=1S/C11H16IN3S.HI/c1-15(8-2-3-8)11(13)14-7-6-9-4-5-10(12)16-9;/h4-5,8H,2-3,6-7H2,1H3,(H2,13,14);1H. The lowest BCUT2D eigenvalue weighted by Gasteiger charge is -2.16. The Labute approximate surface area is 137 Å². The lowest BCUT2D eigenvalue weighted by atomic mass is 10.3. The minimum atomic E-state index is 0. The number of guanidine groups is 1. The molecule has 0 aliphatic heterocycles. The van der Waals surface area contributed by atoms with E-state index in [1.54, 1.807) is 0 Å². The van der Waals surface area contributed by atoms with Crippen molar-refractivity contribution in [3.05, 3.63) is 19.9 Å². The third-order valence-electron chi connectivity index (χ3n) is 2.72. The van der Waals surface area contributed by atoms with Crippen LogP contribution in [0.3, 0.4) is 0 Å². The number of hydrogen-bond acceptors (Lipinski definition) is 2. The molecule has 0 unspecified atom stereocenters. The van der Waals surface area contributed by atoms with E-state index in [0.717, 1.165) is 13.0 Å². The Balaban J connectivity index is 0.00000144. The van der Waals surface area contributed by atoms with Gasteiger partial charge >= 0.3 is 0 Å². The van der Waals surface area contributed by atoms with Crippen LogP contribution in [0, 0.1) is 2.88 Å². The monoisotopic (exact) mass is 477 g/mol. The molecule has 1 aliphatic rings. The predicted octanol–water partition coefficient (Wildman–Crippen LogP) is 2.92. The topological polar surface area (TPSA) is 41.6 Å². The molecular weight excluding hydrogens is 460 g/mol. The van der Waals surface area contributed by atoms with Crippen LogP contribution in [0.5, 0.6) is 0 Å². The van der Waals surface area contributed by atoms with Crippen LogP contribution in [-0.2, 0) is 6.42 Å². The van der Waals surface area contributed by atoms with Crippen molar-refractivity contribution in [3.8, 4) is 0 Å². The highest BCUT2D eigenvalue weighted by molar-refractivity contribution is 14.1. The van der Waals surface area contributed by atoms with E-state index in [1.165, 1.54) is 20.6 Å². The molecule has 0 atom stereocenters. The van der Waals surface area contributed by atoms with Gasteiger partial charge in [0.25, 0.3) is 0 Å². The Morgan fingerprint density at radius 3 is 2.82 bits per heavy atom. The van der Waals surface area contributed by atoms with Crippen LogP contribution in [0.15, 0.2) is 17.1 Å². The number of thiophene rings is 1.